The van der Waals surface area contributed by atoms with Gasteiger partial charge in [-0.25, -0.2) is 4.98 Å². The van der Waals surface area contributed by atoms with Crippen molar-refractivity contribution in [3.63, 3.8) is 0 Å². The summed E-state index contributed by atoms with van der Waals surface area (Å²) in [7, 11) is 0. The number of aldehydes is 1. The van der Waals surface area contributed by atoms with Crippen LogP contribution in [0.1, 0.15) is 40.7 Å². The van der Waals surface area contributed by atoms with Crippen molar-refractivity contribution >= 4 is 23.6 Å². The van der Waals surface area contributed by atoms with Crippen LogP contribution < -0.4 is 0 Å². The summed E-state index contributed by atoms with van der Waals surface area (Å²) >= 11 is 1.98. The standard InChI is InChI=1S/C13H14N2OS/c16-9-10-4-5-11-7-14-13(15(11)8-10)12-3-1-2-6-17-12/h4-5,7-9,12H,1-3,6H2. The third kappa shape index (κ3) is 1.97. The van der Waals surface area contributed by atoms with Gasteiger partial charge in [0.2, 0.25) is 0 Å². The first-order valence-corrected chi connectivity index (χ1v) is 6.97. The lowest BCUT2D eigenvalue weighted by Crippen LogP contribution is -2.06. The maximum Gasteiger partial charge on any atom is 0.151 e. The minimum absolute atomic E-state index is 0.480. The molecule has 1 saturated heterocycles. The largest absolute Gasteiger partial charge is 0.302 e. The van der Waals surface area contributed by atoms with E-state index in [-0.39, 0.29) is 0 Å². The predicted molar refractivity (Wildman–Crippen MR) is 69.6 cm³/mol. The highest BCUT2D eigenvalue weighted by Gasteiger charge is 2.20. The Morgan fingerprint density at radius 3 is 3.12 bits per heavy atom. The molecule has 1 unspecified atom stereocenters. The van der Waals surface area contributed by atoms with Crippen LogP contribution in [0.5, 0.6) is 0 Å². The summed E-state index contributed by atoms with van der Waals surface area (Å²) in [4.78, 5) is 15.3. The zero-order valence-electron chi connectivity index (χ0n) is 9.50. The molecule has 1 atom stereocenters. The van der Waals surface area contributed by atoms with E-state index < -0.39 is 0 Å². The lowest BCUT2D eigenvalue weighted by Gasteiger charge is -2.20. The average molecular weight is 246 g/mol. The summed E-state index contributed by atoms with van der Waals surface area (Å²) in [5.74, 6) is 2.31. The van der Waals surface area contributed by atoms with Gasteiger partial charge in [-0.15, -0.1) is 0 Å². The van der Waals surface area contributed by atoms with E-state index in [0.717, 1.165) is 17.6 Å². The molecule has 1 aliphatic heterocycles. The number of fused-ring (bicyclic) bond motifs is 1. The lowest BCUT2D eigenvalue weighted by molar-refractivity contribution is 0.112. The number of thioether (sulfide) groups is 1. The molecule has 0 spiro atoms. The number of nitrogens with zero attached hydrogens (tertiary/aromatic N) is 2. The van der Waals surface area contributed by atoms with Gasteiger partial charge in [-0.2, -0.15) is 11.8 Å². The highest BCUT2D eigenvalue weighted by Crippen LogP contribution is 2.37. The maximum atomic E-state index is 10.8. The Morgan fingerprint density at radius 1 is 1.41 bits per heavy atom. The lowest BCUT2D eigenvalue weighted by atomic mass is 10.2. The average Bonchev–Trinajstić information content (AvgIpc) is 2.82. The molecule has 3 rings (SSSR count). The van der Waals surface area contributed by atoms with Crippen LogP contribution in [0.3, 0.4) is 0 Å². The number of hydrogen-bond acceptors (Lipinski definition) is 3. The summed E-state index contributed by atoms with van der Waals surface area (Å²) < 4.78 is 2.06. The Kier molecular flexibility index (Phi) is 2.89. The first-order chi connectivity index (χ1) is 8.38. The van der Waals surface area contributed by atoms with Gasteiger partial charge in [0.25, 0.3) is 0 Å². The molecule has 0 bridgehead atoms. The number of hydrogen-bond donors (Lipinski definition) is 0. The second-order valence-corrected chi connectivity index (χ2v) is 5.66. The van der Waals surface area contributed by atoms with Crippen molar-refractivity contribution in [2.75, 3.05) is 5.75 Å². The third-order valence-corrected chi connectivity index (χ3v) is 4.56. The van der Waals surface area contributed by atoms with E-state index in [4.69, 9.17) is 0 Å². The van der Waals surface area contributed by atoms with E-state index in [1.54, 1.807) is 0 Å². The van der Waals surface area contributed by atoms with Crippen LogP contribution in [0.15, 0.2) is 24.5 Å². The Balaban J connectivity index is 2.05. The monoisotopic (exact) mass is 246 g/mol. The number of aromatic nitrogens is 2. The fourth-order valence-electron chi connectivity index (χ4n) is 2.28. The molecule has 1 fully saturated rings. The van der Waals surface area contributed by atoms with Crippen LogP contribution in [0.2, 0.25) is 0 Å². The minimum Gasteiger partial charge on any atom is -0.302 e. The fraction of sp³-hybridized carbons (Fsp3) is 0.385. The van der Waals surface area contributed by atoms with E-state index in [0.29, 0.717) is 10.8 Å². The van der Waals surface area contributed by atoms with Gasteiger partial charge in [-0.05, 0) is 30.7 Å². The summed E-state index contributed by atoms with van der Waals surface area (Å²) in [6.45, 7) is 0. The highest BCUT2D eigenvalue weighted by atomic mass is 32.2. The molecule has 2 aromatic heterocycles. The molecule has 4 heteroatoms. The second-order valence-electron chi connectivity index (χ2n) is 4.35. The van der Waals surface area contributed by atoms with E-state index in [1.165, 1.54) is 25.0 Å². The molecule has 3 heterocycles. The van der Waals surface area contributed by atoms with Crippen molar-refractivity contribution < 1.29 is 4.79 Å². The smallest absolute Gasteiger partial charge is 0.151 e. The van der Waals surface area contributed by atoms with Gasteiger partial charge < -0.3 is 4.40 Å². The van der Waals surface area contributed by atoms with E-state index in [2.05, 4.69) is 9.38 Å². The maximum absolute atomic E-state index is 10.8. The number of carbonyl (C=O) groups is 1. The van der Waals surface area contributed by atoms with Crippen LogP contribution >= 0.6 is 11.8 Å². The second kappa shape index (κ2) is 4.53. The summed E-state index contributed by atoms with van der Waals surface area (Å²) in [6.07, 6.45) is 8.44. The molecule has 3 nitrogen and oxygen atoms in total. The van der Waals surface area contributed by atoms with Crippen LogP contribution in [0, 0.1) is 0 Å². The van der Waals surface area contributed by atoms with Crippen molar-refractivity contribution in [3.05, 3.63) is 35.9 Å². The molecule has 1 aliphatic rings. The number of carbonyl (C=O) groups excluding carboxylic acids is 1. The molecule has 2 aromatic rings. The summed E-state index contributed by atoms with van der Waals surface area (Å²) in [6, 6.07) is 3.79. The van der Waals surface area contributed by atoms with E-state index in [9.17, 15) is 4.79 Å². The van der Waals surface area contributed by atoms with E-state index >= 15 is 0 Å². The zero-order valence-corrected chi connectivity index (χ0v) is 10.3. The van der Waals surface area contributed by atoms with Gasteiger partial charge in [0.1, 0.15) is 5.82 Å². The molecule has 0 radical (unpaired) electrons. The molecular weight excluding hydrogens is 232 g/mol. The van der Waals surface area contributed by atoms with Gasteiger partial charge in [0.05, 0.1) is 17.0 Å². The van der Waals surface area contributed by atoms with Gasteiger partial charge in [-0.1, -0.05) is 6.42 Å². The third-order valence-electron chi connectivity index (χ3n) is 3.18. The quantitative estimate of drug-likeness (QED) is 0.764. The number of imidazole rings is 1. The van der Waals surface area contributed by atoms with Crippen LogP contribution in [0.4, 0.5) is 0 Å². The molecule has 0 aliphatic carbocycles. The molecular formula is C13H14N2OS. The predicted octanol–water partition coefficient (Wildman–Crippen LogP) is 3.11. The van der Waals surface area contributed by atoms with Crippen molar-refractivity contribution in [2.24, 2.45) is 0 Å². The Hall–Kier alpha value is -1.29. The molecule has 88 valence electrons. The highest BCUT2D eigenvalue weighted by molar-refractivity contribution is 7.99. The zero-order chi connectivity index (χ0) is 11.7. The van der Waals surface area contributed by atoms with Crippen molar-refractivity contribution in [1.82, 2.24) is 9.38 Å². The van der Waals surface area contributed by atoms with E-state index in [1.807, 2.05) is 36.3 Å². The Morgan fingerprint density at radius 2 is 2.35 bits per heavy atom. The SMILES string of the molecule is O=Cc1ccc2cnc(C3CCCCS3)n2c1. The number of rotatable bonds is 2. The van der Waals surface area contributed by atoms with Gasteiger partial charge >= 0.3 is 0 Å². The van der Waals surface area contributed by atoms with Crippen LogP contribution in [-0.4, -0.2) is 21.4 Å². The van der Waals surface area contributed by atoms with Gasteiger partial charge in [0.15, 0.2) is 6.29 Å². The molecule has 0 amide bonds. The topological polar surface area (TPSA) is 34.4 Å². The Bertz CT molecular complexity index is 543. The normalized spacial score (nSPS) is 20.6. The summed E-state index contributed by atoms with van der Waals surface area (Å²) in [5.41, 5.74) is 1.77. The first-order valence-electron chi connectivity index (χ1n) is 5.92. The molecule has 0 N–H and O–H groups in total. The summed E-state index contributed by atoms with van der Waals surface area (Å²) in [5, 5.41) is 0.480. The van der Waals surface area contributed by atoms with Gasteiger partial charge in [0, 0.05) is 11.8 Å². The van der Waals surface area contributed by atoms with Crippen molar-refractivity contribution in [1.29, 1.82) is 0 Å². The molecule has 0 saturated carbocycles. The van der Waals surface area contributed by atoms with Gasteiger partial charge in [-0.3, -0.25) is 4.79 Å². The molecule has 0 aromatic carbocycles. The van der Waals surface area contributed by atoms with Crippen LogP contribution in [-0.2, 0) is 0 Å². The minimum atomic E-state index is 0.480. The van der Waals surface area contributed by atoms with Crippen molar-refractivity contribution in [3.8, 4) is 0 Å². The first kappa shape index (κ1) is 10.8. The van der Waals surface area contributed by atoms with Crippen molar-refractivity contribution in [2.45, 2.75) is 24.5 Å². The Labute approximate surface area is 104 Å². The van der Waals surface area contributed by atoms with Crippen LogP contribution in [0.25, 0.3) is 5.52 Å². The fourth-order valence-corrected chi connectivity index (χ4v) is 3.59. The molecule has 17 heavy (non-hydrogen) atoms. The number of pyridine rings is 1.